The Morgan fingerprint density at radius 3 is 2.54 bits per heavy atom. The molecule has 1 aromatic carbocycles. The summed E-state index contributed by atoms with van der Waals surface area (Å²) in [7, 11) is 0. The van der Waals surface area contributed by atoms with Crippen LogP contribution in [0.15, 0.2) is 42.6 Å². The van der Waals surface area contributed by atoms with Gasteiger partial charge in [0.2, 0.25) is 5.65 Å². The number of nitrogens with zero attached hydrogens (tertiary/aromatic N) is 3. The Labute approximate surface area is 137 Å². The lowest BCUT2D eigenvalue weighted by molar-refractivity contribution is -0.383. The van der Waals surface area contributed by atoms with E-state index < -0.39 is 4.92 Å². The molecule has 0 atom stereocenters. The van der Waals surface area contributed by atoms with Gasteiger partial charge < -0.3 is 4.74 Å². The lowest BCUT2D eigenvalue weighted by atomic mass is 10.1. The molecule has 0 unspecified atom stereocenters. The summed E-state index contributed by atoms with van der Waals surface area (Å²) in [6, 6.07) is 9.99. The summed E-state index contributed by atoms with van der Waals surface area (Å²) in [5.74, 6) is 0.705. The van der Waals surface area contributed by atoms with E-state index >= 15 is 0 Å². The number of fused-ring (bicyclic) bond motifs is 1. The molecule has 3 rings (SSSR count). The van der Waals surface area contributed by atoms with Crippen LogP contribution >= 0.6 is 0 Å². The molecule has 0 saturated carbocycles. The number of rotatable bonds is 5. The van der Waals surface area contributed by atoms with Crippen LogP contribution in [-0.4, -0.2) is 26.7 Å². The molecule has 0 bridgehead atoms. The molecule has 7 heteroatoms. The van der Waals surface area contributed by atoms with Gasteiger partial charge in [-0.3, -0.25) is 19.3 Å². The molecule has 24 heavy (non-hydrogen) atoms. The number of imidazole rings is 1. The number of hydrogen-bond acceptors (Lipinski definition) is 5. The van der Waals surface area contributed by atoms with Crippen molar-refractivity contribution in [2.75, 3.05) is 0 Å². The predicted octanol–water partition coefficient (Wildman–Crippen LogP) is 3.51. The third-order valence-electron chi connectivity index (χ3n) is 3.47. The van der Waals surface area contributed by atoms with E-state index in [4.69, 9.17) is 4.74 Å². The van der Waals surface area contributed by atoms with E-state index in [0.29, 0.717) is 23.3 Å². The molecule has 0 aliphatic carbocycles. The number of ether oxygens (including phenoxy) is 1. The number of carbonyl (C=O) groups excluding carboxylic acids is 1. The quantitative estimate of drug-likeness (QED) is 0.407. The van der Waals surface area contributed by atoms with Crippen LogP contribution in [0.3, 0.4) is 0 Å². The number of aromatic nitrogens is 2. The summed E-state index contributed by atoms with van der Waals surface area (Å²) in [5.41, 5.74) is 1.35. The van der Waals surface area contributed by atoms with E-state index in [1.165, 1.54) is 16.5 Å². The average Bonchev–Trinajstić information content (AvgIpc) is 2.93. The summed E-state index contributed by atoms with van der Waals surface area (Å²) in [6.45, 7) is 3.86. The van der Waals surface area contributed by atoms with Crippen LogP contribution < -0.4 is 4.74 Å². The van der Waals surface area contributed by atoms with Crippen LogP contribution in [0.25, 0.3) is 16.9 Å². The van der Waals surface area contributed by atoms with Gasteiger partial charge in [-0.25, -0.2) is 4.98 Å². The van der Waals surface area contributed by atoms with E-state index in [9.17, 15) is 14.9 Å². The minimum atomic E-state index is -0.514. The summed E-state index contributed by atoms with van der Waals surface area (Å²) < 4.78 is 7.02. The molecule has 0 N–H and O–H groups in total. The molecule has 2 heterocycles. The number of hydrogen-bond donors (Lipinski definition) is 0. The molecule has 0 radical (unpaired) electrons. The molecular weight excluding hydrogens is 310 g/mol. The highest BCUT2D eigenvalue weighted by Crippen LogP contribution is 2.29. The molecule has 0 aliphatic heterocycles. The Morgan fingerprint density at radius 2 is 1.96 bits per heavy atom. The molecule has 0 spiro atoms. The molecule has 7 nitrogen and oxygen atoms in total. The van der Waals surface area contributed by atoms with Crippen molar-refractivity contribution in [1.82, 2.24) is 9.38 Å². The third kappa shape index (κ3) is 2.71. The first kappa shape index (κ1) is 15.7. The van der Waals surface area contributed by atoms with Crippen molar-refractivity contribution >= 4 is 17.6 Å². The Bertz CT molecular complexity index is 913. The SMILES string of the molecule is CC(C)Oc1ccc(-c2nc3c([N+](=O)[O-])cccn3c2C=O)cc1. The Kier molecular flexibility index (Phi) is 3.99. The van der Waals surface area contributed by atoms with E-state index in [1.54, 1.807) is 30.5 Å². The van der Waals surface area contributed by atoms with Gasteiger partial charge in [-0.1, -0.05) is 0 Å². The minimum absolute atomic E-state index is 0.0548. The fraction of sp³-hybridized carbons (Fsp3) is 0.176. The van der Waals surface area contributed by atoms with Crippen molar-refractivity contribution in [2.45, 2.75) is 20.0 Å². The maximum absolute atomic E-state index is 11.5. The average molecular weight is 325 g/mol. The van der Waals surface area contributed by atoms with Crippen molar-refractivity contribution in [3.8, 4) is 17.0 Å². The van der Waals surface area contributed by atoms with Gasteiger partial charge in [0.05, 0.1) is 11.0 Å². The predicted molar refractivity (Wildman–Crippen MR) is 88.4 cm³/mol. The second-order valence-corrected chi connectivity index (χ2v) is 5.50. The van der Waals surface area contributed by atoms with Crippen molar-refractivity contribution < 1.29 is 14.5 Å². The zero-order valence-corrected chi connectivity index (χ0v) is 13.2. The maximum Gasteiger partial charge on any atom is 0.312 e. The van der Waals surface area contributed by atoms with Crippen LogP contribution in [0.5, 0.6) is 5.75 Å². The van der Waals surface area contributed by atoms with Gasteiger partial charge in [0, 0.05) is 17.8 Å². The minimum Gasteiger partial charge on any atom is -0.491 e. The van der Waals surface area contributed by atoms with Gasteiger partial charge in [-0.05, 0) is 44.2 Å². The normalized spacial score (nSPS) is 11.0. The molecule has 3 aromatic rings. The van der Waals surface area contributed by atoms with E-state index in [2.05, 4.69) is 4.98 Å². The van der Waals surface area contributed by atoms with Crippen molar-refractivity contribution in [2.24, 2.45) is 0 Å². The molecule has 0 aliphatic rings. The molecular formula is C17H15N3O4. The van der Waals surface area contributed by atoms with Gasteiger partial charge in [-0.15, -0.1) is 0 Å². The van der Waals surface area contributed by atoms with Gasteiger partial charge in [0.15, 0.2) is 6.29 Å². The number of pyridine rings is 1. The van der Waals surface area contributed by atoms with Gasteiger partial charge in [-0.2, -0.15) is 0 Å². The third-order valence-corrected chi connectivity index (χ3v) is 3.47. The topological polar surface area (TPSA) is 86.7 Å². The van der Waals surface area contributed by atoms with Crippen molar-refractivity contribution in [3.63, 3.8) is 0 Å². The van der Waals surface area contributed by atoms with E-state index in [0.717, 1.165) is 0 Å². The number of aldehydes is 1. The monoisotopic (exact) mass is 325 g/mol. The maximum atomic E-state index is 11.5. The first-order valence-corrected chi connectivity index (χ1v) is 7.39. The molecule has 0 saturated heterocycles. The van der Waals surface area contributed by atoms with Crippen LogP contribution in [0.4, 0.5) is 5.69 Å². The zero-order chi connectivity index (χ0) is 17.3. The number of carbonyl (C=O) groups is 1. The van der Waals surface area contributed by atoms with Crippen LogP contribution in [0.2, 0.25) is 0 Å². The van der Waals surface area contributed by atoms with Crippen molar-refractivity contribution in [3.05, 3.63) is 58.4 Å². The summed E-state index contributed by atoms with van der Waals surface area (Å²) in [6.07, 6.45) is 2.29. The largest absolute Gasteiger partial charge is 0.491 e. The highest BCUT2D eigenvalue weighted by molar-refractivity contribution is 5.87. The van der Waals surface area contributed by atoms with Gasteiger partial charge in [0.1, 0.15) is 17.1 Å². The first-order chi connectivity index (χ1) is 11.5. The Hall–Kier alpha value is -3.22. The number of benzene rings is 1. The fourth-order valence-corrected chi connectivity index (χ4v) is 2.50. The van der Waals surface area contributed by atoms with Crippen LogP contribution in [0.1, 0.15) is 24.3 Å². The van der Waals surface area contributed by atoms with Crippen molar-refractivity contribution in [1.29, 1.82) is 0 Å². The highest BCUT2D eigenvalue weighted by Gasteiger charge is 2.20. The first-order valence-electron chi connectivity index (χ1n) is 7.39. The van der Waals surface area contributed by atoms with Gasteiger partial charge in [0.25, 0.3) is 0 Å². The summed E-state index contributed by atoms with van der Waals surface area (Å²) in [5, 5.41) is 11.2. The van der Waals surface area contributed by atoms with Crippen LogP contribution in [0, 0.1) is 10.1 Å². The van der Waals surface area contributed by atoms with E-state index in [-0.39, 0.29) is 23.1 Å². The fourth-order valence-electron chi connectivity index (χ4n) is 2.50. The second-order valence-electron chi connectivity index (χ2n) is 5.50. The smallest absolute Gasteiger partial charge is 0.312 e. The number of nitro groups is 1. The lowest BCUT2D eigenvalue weighted by Gasteiger charge is -2.09. The zero-order valence-electron chi connectivity index (χ0n) is 13.2. The Morgan fingerprint density at radius 1 is 1.25 bits per heavy atom. The van der Waals surface area contributed by atoms with Crippen LogP contribution in [-0.2, 0) is 0 Å². The lowest BCUT2D eigenvalue weighted by Crippen LogP contribution is -2.05. The Balaban J connectivity index is 2.14. The summed E-state index contributed by atoms with van der Waals surface area (Å²) >= 11 is 0. The standard InChI is InChI=1S/C17H15N3O4/c1-11(2)24-13-7-5-12(6-8-13)16-15(10-21)19-9-3-4-14(20(22)23)17(19)18-16/h3-11H,1-2H3. The highest BCUT2D eigenvalue weighted by atomic mass is 16.6. The summed E-state index contributed by atoms with van der Waals surface area (Å²) in [4.78, 5) is 26.5. The second kappa shape index (κ2) is 6.11. The molecule has 0 amide bonds. The molecule has 2 aromatic heterocycles. The van der Waals surface area contributed by atoms with Gasteiger partial charge >= 0.3 is 5.69 Å². The van der Waals surface area contributed by atoms with E-state index in [1.807, 2.05) is 13.8 Å². The molecule has 0 fully saturated rings. The molecule has 122 valence electrons.